The van der Waals surface area contributed by atoms with Crippen LogP contribution in [0.4, 0.5) is 0 Å². The van der Waals surface area contributed by atoms with Crippen molar-refractivity contribution in [3.05, 3.63) is 52.8 Å². The number of methoxy groups -OCH3 is 1. The normalized spacial score (nSPS) is 17.0. The number of nitrogens with zero attached hydrogens (tertiary/aromatic N) is 3. The fraction of sp³-hybridized carbons (Fsp3) is 0.400. The number of carbonyl (C=O) groups is 2. The molecular weight excluding hydrogens is 502 g/mol. The lowest BCUT2D eigenvalue weighted by atomic mass is 10.2. The Balaban J connectivity index is 1.71. The van der Waals surface area contributed by atoms with E-state index in [4.69, 9.17) is 9.47 Å². The van der Waals surface area contributed by atoms with Gasteiger partial charge in [0, 0.05) is 6.54 Å². The van der Waals surface area contributed by atoms with Crippen molar-refractivity contribution in [2.75, 3.05) is 20.3 Å². The average Bonchev–Trinajstić information content (AvgIpc) is 3.50. The molecule has 3 aromatic rings. The molecule has 0 aliphatic carbocycles. The van der Waals surface area contributed by atoms with Crippen molar-refractivity contribution in [1.82, 2.24) is 8.87 Å². The standard InChI is InChI=1S/C25H29N3O6S2/c1-4-17-8-13-20-22(15-17)35-25(27(20)16-23(29)34-5-2)26-24(30)21-7-6-14-28(21)36(31,32)19-11-9-18(33-3)10-12-19/h8-13,15,21H,4-7,14,16H2,1-3H3. The van der Waals surface area contributed by atoms with E-state index in [-0.39, 0.29) is 24.6 Å². The number of fused-ring (bicyclic) bond motifs is 1. The summed E-state index contributed by atoms with van der Waals surface area (Å²) in [6.07, 6.45) is 1.77. The molecule has 11 heteroatoms. The van der Waals surface area contributed by atoms with Crippen molar-refractivity contribution in [2.24, 2.45) is 4.99 Å². The minimum atomic E-state index is -3.90. The first kappa shape index (κ1) is 26.1. The summed E-state index contributed by atoms with van der Waals surface area (Å²) in [6, 6.07) is 11.1. The molecule has 0 saturated carbocycles. The molecule has 4 rings (SSSR count). The molecule has 1 aliphatic heterocycles. The van der Waals surface area contributed by atoms with E-state index in [1.807, 2.05) is 25.1 Å². The van der Waals surface area contributed by atoms with E-state index in [9.17, 15) is 18.0 Å². The maximum atomic E-state index is 13.4. The molecule has 1 aliphatic rings. The van der Waals surface area contributed by atoms with Crippen LogP contribution in [0.2, 0.25) is 0 Å². The lowest BCUT2D eigenvalue weighted by Gasteiger charge is -2.21. The van der Waals surface area contributed by atoms with Crippen LogP contribution >= 0.6 is 11.3 Å². The first-order valence-corrected chi connectivity index (χ1v) is 14.1. The zero-order valence-corrected chi connectivity index (χ0v) is 22.1. The summed E-state index contributed by atoms with van der Waals surface area (Å²) in [5.74, 6) is -0.445. The van der Waals surface area contributed by atoms with Gasteiger partial charge in [-0.15, -0.1) is 0 Å². The molecule has 1 fully saturated rings. The van der Waals surface area contributed by atoms with E-state index < -0.39 is 27.9 Å². The number of ether oxygens (including phenoxy) is 2. The summed E-state index contributed by atoms with van der Waals surface area (Å²) < 4.78 is 40.7. The molecule has 1 atom stereocenters. The Kier molecular flexibility index (Phi) is 7.91. The Bertz CT molecular complexity index is 1440. The number of aryl methyl sites for hydroxylation is 1. The summed E-state index contributed by atoms with van der Waals surface area (Å²) in [5, 5.41) is 0. The Hall–Kier alpha value is -3.02. The highest BCUT2D eigenvalue weighted by molar-refractivity contribution is 7.89. The van der Waals surface area contributed by atoms with Crippen molar-refractivity contribution in [2.45, 2.75) is 50.6 Å². The van der Waals surface area contributed by atoms with E-state index in [0.29, 0.717) is 23.4 Å². The highest BCUT2D eigenvalue weighted by Crippen LogP contribution is 2.28. The fourth-order valence-corrected chi connectivity index (χ4v) is 6.99. The van der Waals surface area contributed by atoms with Crippen LogP contribution in [-0.2, 0) is 37.3 Å². The summed E-state index contributed by atoms with van der Waals surface area (Å²) in [7, 11) is -2.40. The van der Waals surface area contributed by atoms with Crippen molar-refractivity contribution in [3.8, 4) is 5.75 Å². The minimum Gasteiger partial charge on any atom is -0.497 e. The zero-order chi connectivity index (χ0) is 25.9. The van der Waals surface area contributed by atoms with Gasteiger partial charge in [0.2, 0.25) is 10.0 Å². The lowest BCUT2D eigenvalue weighted by molar-refractivity contribution is -0.143. The summed E-state index contributed by atoms with van der Waals surface area (Å²) in [5.41, 5.74) is 1.89. The van der Waals surface area contributed by atoms with Gasteiger partial charge in [-0.3, -0.25) is 9.59 Å². The highest BCUT2D eigenvalue weighted by atomic mass is 32.2. The number of hydrogen-bond acceptors (Lipinski definition) is 7. The molecule has 1 saturated heterocycles. The second-order valence-electron chi connectivity index (χ2n) is 8.33. The molecule has 1 amide bonds. The summed E-state index contributed by atoms with van der Waals surface area (Å²) in [4.78, 5) is 30.4. The predicted octanol–water partition coefficient (Wildman–Crippen LogP) is 3.12. The molecule has 1 unspecified atom stereocenters. The molecule has 0 radical (unpaired) electrons. The van der Waals surface area contributed by atoms with Gasteiger partial charge in [0.15, 0.2) is 4.80 Å². The molecule has 0 N–H and O–H groups in total. The number of aromatic nitrogens is 1. The van der Waals surface area contributed by atoms with Gasteiger partial charge in [-0.25, -0.2) is 8.42 Å². The monoisotopic (exact) mass is 531 g/mol. The molecular formula is C25H29N3O6S2. The van der Waals surface area contributed by atoms with Gasteiger partial charge in [-0.2, -0.15) is 9.30 Å². The smallest absolute Gasteiger partial charge is 0.326 e. The Morgan fingerprint density at radius 2 is 1.89 bits per heavy atom. The number of esters is 1. The Morgan fingerprint density at radius 3 is 2.56 bits per heavy atom. The van der Waals surface area contributed by atoms with Crippen LogP contribution in [0.25, 0.3) is 10.2 Å². The van der Waals surface area contributed by atoms with E-state index in [2.05, 4.69) is 4.99 Å². The maximum absolute atomic E-state index is 13.4. The number of benzene rings is 2. The van der Waals surface area contributed by atoms with E-state index >= 15 is 0 Å². The molecule has 2 heterocycles. The summed E-state index contributed by atoms with van der Waals surface area (Å²) >= 11 is 1.30. The third-order valence-corrected chi connectivity index (χ3v) is 9.07. The third kappa shape index (κ3) is 5.23. The number of sulfonamides is 1. The Morgan fingerprint density at radius 1 is 1.14 bits per heavy atom. The maximum Gasteiger partial charge on any atom is 0.326 e. The van der Waals surface area contributed by atoms with Crippen molar-refractivity contribution < 1.29 is 27.5 Å². The van der Waals surface area contributed by atoms with Crippen LogP contribution in [0, 0.1) is 0 Å². The zero-order valence-electron chi connectivity index (χ0n) is 20.5. The van der Waals surface area contributed by atoms with Gasteiger partial charge in [0.1, 0.15) is 18.3 Å². The second-order valence-corrected chi connectivity index (χ2v) is 11.2. The SMILES string of the molecule is CCOC(=O)Cn1c(=NC(=O)C2CCCN2S(=O)(=O)c2ccc(OC)cc2)sc2cc(CC)ccc21. The number of amides is 1. The molecule has 36 heavy (non-hydrogen) atoms. The Labute approximate surface area is 214 Å². The first-order chi connectivity index (χ1) is 17.3. The second kappa shape index (κ2) is 10.9. The number of carbonyl (C=O) groups excluding carboxylic acids is 2. The van der Waals surface area contributed by atoms with Gasteiger partial charge in [-0.05, 0) is 68.1 Å². The van der Waals surface area contributed by atoms with Crippen LogP contribution in [0.3, 0.4) is 0 Å². The highest BCUT2D eigenvalue weighted by Gasteiger charge is 2.39. The van der Waals surface area contributed by atoms with Crippen LogP contribution in [0.5, 0.6) is 5.75 Å². The molecule has 9 nitrogen and oxygen atoms in total. The van der Waals surface area contributed by atoms with E-state index in [0.717, 1.165) is 22.2 Å². The quantitative estimate of drug-likeness (QED) is 0.414. The first-order valence-electron chi connectivity index (χ1n) is 11.8. The number of rotatable bonds is 8. The molecule has 0 spiro atoms. The number of hydrogen-bond donors (Lipinski definition) is 0. The van der Waals surface area contributed by atoms with Gasteiger partial charge in [0.25, 0.3) is 5.91 Å². The molecule has 2 aromatic carbocycles. The predicted molar refractivity (Wildman–Crippen MR) is 136 cm³/mol. The third-order valence-electron chi connectivity index (χ3n) is 6.11. The van der Waals surface area contributed by atoms with Crippen molar-refractivity contribution in [1.29, 1.82) is 0 Å². The van der Waals surface area contributed by atoms with Crippen molar-refractivity contribution >= 4 is 43.5 Å². The largest absolute Gasteiger partial charge is 0.497 e. The minimum absolute atomic E-state index is 0.0920. The van der Waals surface area contributed by atoms with Crippen LogP contribution in [-0.4, -0.2) is 55.5 Å². The summed E-state index contributed by atoms with van der Waals surface area (Å²) in [6.45, 7) is 4.16. The van der Waals surface area contributed by atoms with Gasteiger partial charge in [0.05, 0.1) is 28.8 Å². The van der Waals surface area contributed by atoms with Gasteiger partial charge < -0.3 is 14.0 Å². The average molecular weight is 532 g/mol. The molecule has 1 aromatic heterocycles. The lowest BCUT2D eigenvalue weighted by Crippen LogP contribution is -2.40. The van der Waals surface area contributed by atoms with Crippen LogP contribution in [0.15, 0.2) is 52.4 Å². The van der Waals surface area contributed by atoms with E-state index in [1.165, 1.54) is 34.9 Å². The van der Waals surface area contributed by atoms with Crippen LogP contribution < -0.4 is 9.54 Å². The van der Waals surface area contributed by atoms with E-state index in [1.54, 1.807) is 23.6 Å². The molecule has 0 bridgehead atoms. The van der Waals surface area contributed by atoms with Crippen LogP contribution in [0.1, 0.15) is 32.3 Å². The molecule has 192 valence electrons. The van der Waals surface area contributed by atoms with Crippen molar-refractivity contribution in [3.63, 3.8) is 0 Å². The van der Waals surface area contributed by atoms with Gasteiger partial charge in [-0.1, -0.05) is 24.3 Å². The van der Waals surface area contributed by atoms with Gasteiger partial charge >= 0.3 is 5.97 Å². The fourth-order valence-electron chi connectivity index (χ4n) is 4.24. The number of thiazole rings is 1. The topological polar surface area (TPSA) is 107 Å².